The van der Waals surface area contributed by atoms with E-state index in [1.807, 2.05) is 0 Å². The highest BCUT2D eigenvalue weighted by atomic mass is 16.6. The molecule has 0 aromatic carbocycles. The number of fused-ring (bicyclic) bond motifs is 3. The molecule has 0 amide bonds. The summed E-state index contributed by atoms with van der Waals surface area (Å²) >= 11 is 0. The summed E-state index contributed by atoms with van der Waals surface area (Å²) in [6, 6.07) is 3.11. The third-order valence-electron chi connectivity index (χ3n) is 10.3. The molecule has 5 aliphatic rings. The van der Waals surface area contributed by atoms with Crippen LogP contribution in [-0.2, 0) is 4.74 Å². The van der Waals surface area contributed by atoms with Crippen molar-refractivity contribution in [2.24, 2.45) is 28.6 Å². The normalized spacial score (nSPS) is 56.4. The topological polar surface area (TPSA) is 103 Å². The van der Waals surface area contributed by atoms with E-state index in [0.717, 1.165) is 37.7 Å². The number of rotatable bonds is 1. The molecule has 11 atom stereocenters. The van der Waals surface area contributed by atoms with Gasteiger partial charge in [-0.05, 0) is 73.3 Å². The third-order valence-corrected chi connectivity index (χ3v) is 10.3. The Bertz CT molecular complexity index is 908. The maximum atomic E-state index is 11.6. The van der Waals surface area contributed by atoms with Crippen LogP contribution in [-0.4, -0.2) is 45.3 Å². The number of hydrogen-bond donors (Lipinski definition) is 3. The minimum Gasteiger partial charge on any atom is -0.431 e. The first-order valence-electron chi connectivity index (χ1n) is 11.5. The molecule has 164 valence electrons. The third kappa shape index (κ3) is 2.11. The molecule has 1 saturated heterocycles. The van der Waals surface area contributed by atoms with Crippen LogP contribution in [0.5, 0.6) is 0 Å². The zero-order valence-electron chi connectivity index (χ0n) is 17.7. The van der Waals surface area contributed by atoms with E-state index in [-0.39, 0.29) is 23.5 Å². The van der Waals surface area contributed by atoms with E-state index in [1.54, 1.807) is 6.07 Å². The predicted molar refractivity (Wildman–Crippen MR) is 108 cm³/mol. The largest absolute Gasteiger partial charge is 0.431 e. The maximum Gasteiger partial charge on any atom is 0.335 e. The van der Waals surface area contributed by atoms with Crippen LogP contribution in [0.2, 0.25) is 0 Å². The van der Waals surface area contributed by atoms with Crippen LogP contribution in [0.15, 0.2) is 27.6 Å². The number of ether oxygens (including phenoxy) is 1. The summed E-state index contributed by atoms with van der Waals surface area (Å²) < 4.78 is 11.5. The van der Waals surface area contributed by atoms with Crippen molar-refractivity contribution in [3.05, 3.63) is 34.4 Å². The molecule has 30 heavy (non-hydrogen) atoms. The van der Waals surface area contributed by atoms with Gasteiger partial charge in [-0.3, -0.25) is 0 Å². The molecule has 6 heteroatoms. The van der Waals surface area contributed by atoms with E-state index in [4.69, 9.17) is 9.15 Å². The van der Waals surface area contributed by atoms with Crippen molar-refractivity contribution < 1.29 is 24.5 Å². The standard InChI is InChI=1S/C24H32O6/c1-22-8-7-14(25)9-13(22)4-5-15-16(22)10-17(26)23(2)19(12-3-6-18(27)29-11-12)20(28)21-24(15,23)30-21/h3,6,11,13-17,19-21,25-26,28H,4-5,7-10H2,1-2H3/t13-,14-,15+,16-,17+,19-,20+,21+,22-,23+,24+/m0/s1. The van der Waals surface area contributed by atoms with Gasteiger partial charge in [0.05, 0.1) is 24.6 Å². The van der Waals surface area contributed by atoms with E-state index in [2.05, 4.69) is 13.8 Å². The van der Waals surface area contributed by atoms with Gasteiger partial charge in [-0.2, -0.15) is 0 Å². The molecule has 0 radical (unpaired) electrons. The molecule has 1 aromatic rings. The highest BCUT2D eigenvalue weighted by Gasteiger charge is 2.85. The van der Waals surface area contributed by atoms with Gasteiger partial charge in [0, 0.05) is 17.4 Å². The van der Waals surface area contributed by atoms with Crippen molar-refractivity contribution in [2.75, 3.05) is 0 Å². The molecule has 1 aromatic heterocycles. The zero-order valence-corrected chi connectivity index (χ0v) is 17.7. The van der Waals surface area contributed by atoms with Gasteiger partial charge < -0.3 is 24.5 Å². The summed E-state index contributed by atoms with van der Waals surface area (Å²) in [5.41, 5.74) is -0.714. The van der Waals surface area contributed by atoms with E-state index in [9.17, 15) is 20.1 Å². The molecule has 3 N–H and O–H groups in total. The van der Waals surface area contributed by atoms with Gasteiger partial charge in [-0.15, -0.1) is 0 Å². The second-order valence-corrected chi connectivity index (χ2v) is 11.1. The predicted octanol–water partition coefficient (Wildman–Crippen LogP) is 2.20. The second-order valence-electron chi connectivity index (χ2n) is 11.1. The lowest BCUT2D eigenvalue weighted by Crippen LogP contribution is -2.63. The first kappa shape index (κ1) is 19.5. The Morgan fingerprint density at radius 3 is 2.57 bits per heavy atom. The van der Waals surface area contributed by atoms with Crippen molar-refractivity contribution in [1.29, 1.82) is 0 Å². The highest BCUT2D eigenvalue weighted by molar-refractivity contribution is 5.39. The van der Waals surface area contributed by atoms with E-state index in [0.29, 0.717) is 24.2 Å². The summed E-state index contributed by atoms with van der Waals surface area (Å²) in [4.78, 5) is 11.5. The number of aliphatic hydroxyl groups is 3. The fraction of sp³-hybridized carbons (Fsp3) is 0.792. The lowest BCUT2D eigenvalue weighted by Gasteiger charge is -2.62. The van der Waals surface area contributed by atoms with Crippen molar-refractivity contribution in [3.8, 4) is 0 Å². The lowest BCUT2D eigenvalue weighted by atomic mass is 9.43. The van der Waals surface area contributed by atoms with Gasteiger partial charge in [-0.25, -0.2) is 4.79 Å². The lowest BCUT2D eigenvalue weighted by molar-refractivity contribution is -0.187. The minimum absolute atomic E-state index is 0.0955. The van der Waals surface area contributed by atoms with Gasteiger partial charge >= 0.3 is 5.63 Å². The fourth-order valence-electron chi connectivity index (χ4n) is 8.77. The Balaban J connectivity index is 1.42. The molecular weight excluding hydrogens is 384 g/mol. The van der Waals surface area contributed by atoms with Gasteiger partial charge in [0.1, 0.15) is 11.7 Å². The fourth-order valence-corrected chi connectivity index (χ4v) is 8.77. The van der Waals surface area contributed by atoms with Crippen LogP contribution in [0.1, 0.15) is 63.9 Å². The summed E-state index contributed by atoms with van der Waals surface area (Å²) in [5, 5.41) is 33.1. The quantitative estimate of drug-likeness (QED) is 0.607. The molecule has 1 spiro atoms. The highest BCUT2D eigenvalue weighted by Crippen LogP contribution is 2.77. The van der Waals surface area contributed by atoms with E-state index < -0.39 is 28.8 Å². The number of epoxide rings is 1. The molecule has 0 unspecified atom stereocenters. The summed E-state index contributed by atoms with van der Waals surface area (Å²) in [6.45, 7) is 4.43. The van der Waals surface area contributed by atoms with Crippen molar-refractivity contribution >= 4 is 0 Å². The van der Waals surface area contributed by atoms with Gasteiger partial charge in [0.2, 0.25) is 0 Å². The number of aliphatic hydroxyl groups excluding tert-OH is 3. The van der Waals surface area contributed by atoms with Crippen LogP contribution in [0.3, 0.4) is 0 Å². The Kier molecular flexibility index (Phi) is 3.88. The smallest absolute Gasteiger partial charge is 0.335 e. The monoisotopic (exact) mass is 416 g/mol. The van der Waals surface area contributed by atoms with E-state index >= 15 is 0 Å². The van der Waals surface area contributed by atoms with Crippen LogP contribution in [0, 0.1) is 28.6 Å². The van der Waals surface area contributed by atoms with Gasteiger partial charge in [0.25, 0.3) is 0 Å². The van der Waals surface area contributed by atoms with Crippen molar-refractivity contribution in [2.45, 2.75) is 88.3 Å². The molecule has 6 nitrogen and oxygen atoms in total. The zero-order chi connectivity index (χ0) is 21.1. The minimum atomic E-state index is -0.727. The molecule has 2 heterocycles. The Hall–Kier alpha value is -1.21. The first-order valence-corrected chi connectivity index (χ1v) is 11.5. The van der Waals surface area contributed by atoms with Crippen LogP contribution in [0.4, 0.5) is 0 Å². The average Bonchev–Trinajstić information content (AvgIpc) is 3.42. The summed E-state index contributed by atoms with van der Waals surface area (Å²) in [5.74, 6) is 0.785. The van der Waals surface area contributed by atoms with Crippen LogP contribution >= 0.6 is 0 Å². The first-order chi connectivity index (χ1) is 14.2. The molecule has 0 bridgehead atoms. The van der Waals surface area contributed by atoms with Crippen LogP contribution in [0.25, 0.3) is 0 Å². The molecule has 4 saturated carbocycles. The molecular formula is C24H32O6. The van der Waals surface area contributed by atoms with Crippen LogP contribution < -0.4 is 5.63 Å². The molecule has 4 aliphatic carbocycles. The second kappa shape index (κ2) is 5.97. The van der Waals surface area contributed by atoms with Gasteiger partial charge in [-0.1, -0.05) is 13.8 Å². The average molecular weight is 417 g/mol. The Morgan fingerprint density at radius 2 is 1.83 bits per heavy atom. The molecule has 6 rings (SSSR count). The van der Waals surface area contributed by atoms with Gasteiger partial charge in [0.15, 0.2) is 0 Å². The summed E-state index contributed by atoms with van der Waals surface area (Å²) in [7, 11) is 0. The van der Waals surface area contributed by atoms with E-state index in [1.165, 1.54) is 12.3 Å². The SMILES string of the molecule is C[C@]12CC[C@H](O)C[C@@H]1CC[C@@H]1[C@@H]2C[C@@H](O)[C@]2(C)[C@@H](c3ccc(=O)oc3)[C@@H](O)[C@H]3O[C@]132. The summed E-state index contributed by atoms with van der Waals surface area (Å²) in [6.07, 6.45) is 5.08. The number of hydrogen-bond acceptors (Lipinski definition) is 6. The molecule has 1 aliphatic heterocycles. The molecule has 5 fully saturated rings. The Labute approximate surface area is 176 Å². The van der Waals surface area contributed by atoms with Crippen molar-refractivity contribution in [1.82, 2.24) is 0 Å². The maximum absolute atomic E-state index is 11.6. The van der Waals surface area contributed by atoms with Crippen molar-refractivity contribution in [3.63, 3.8) is 0 Å². The Morgan fingerprint density at radius 1 is 1.03 bits per heavy atom.